The first-order chi connectivity index (χ1) is 6.67. The third kappa shape index (κ3) is 4.23. The molecule has 5 nitrogen and oxygen atoms in total. The molecule has 0 aromatic heterocycles. The van der Waals surface area contributed by atoms with Crippen molar-refractivity contribution < 1.29 is 9.59 Å². The molecule has 0 aliphatic rings. The molecule has 0 aliphatic carbocycles. The average Bonchev–Trinajstić information content (AvgIpc) is 2.17. The summed E-state index contributed by atoms with van der Waals surface area (Å²) < 4.78 is 0. The molecule has 14 heavy (non-hydrogen) atoms. The van der Waals surface area contributed by atoms with Crippen LogP contribution in [0.1, 0.15) is 19.8 Å². The van der Waals surface area contributed by atoms with Gasteiger partial charge in [0.15, 0.2) is 6.29 Å². The Morgan fingerprint density at radius 2 is 2.00 bits per heavy atom. The molecule has 0 bridgehead atoms. The molecule has 2 amide bonds. The standard InChI is InChI=1S/C9H18N3O2/c1-4-5-6-12(8-14)9(10-7-13)11(2)3/h7-9H,4-6H2,1-3H3. The van der Waals surface area contributed by atoms with E-state index in [0.29, 0.717) is 13.0 Å². The number of hydrogen-bond donors (Lipinski definition) is 0. The highest BCUT2D eigenvalue weighted by atomic mass is 16.1. The Hall–Kier alpha value is -1.10. The molecule has 0 rings (SSSR count). The van der Waals surface area contributed by atoms with Crippen LogP contribution in [0.5, 0.6) is 0 Å². The fourth-order valence-corrected chi connectivity index (χ4v) is 1.13. The Labute approximate surface area is 85.1 Å². The Morgan fingerprint density at radius 1 is 1.36 bits per heavy atom. The zero-order valence-corrected chi connectivity index (χ0v) is 9.01. The zero-order valence-electron chi connectivity index (χ0n) is 9.01. The lowest BCUT2D eigenvalue weighted by molar-refractivity contribution is -0.127. The predicted molar refractivity (Wildman–Crippen MR) is 53.4 cm³/mol. The summed E-state index contributed by atoms with van der Waals surface area (Å²) in [5.74, 6) is 0. The summed E-state index contributed by atoms with van der Waals surface area (Å²) >= 11 is 0. The van der Waals surface area contributed by atoms with E-state index in [4.69, 9.17) is 0 Å². The van der Waals surface area contributed by atoms with E-state index in [1.54, 1.807) is 19.0 Å². The quantitative estimate of drug-likeness (QED) is 0.404. The highest BCUT2D eigenvalue weighted by Crippen LogP contribution is 2.00. The molecule has 0 fully saturated rings. The lowest BCUT2D eigenvalue weighted by Gasteiger charge is -2.30. The van der Waals surface area contributed by atoms with Crippen molar-refractivity contribution in [3.05, 3.63) is 0 Å². The van der Waals surface area contributed by atoms with Gasteiger partial charge in [0.2, 0.25) is 12.8 Å². The van der Waals surface area contributed by atoms with Gasteiger partial charge in [0.1, 0.15) is 0 Å². The Morgan fingerprint density at radius 3 is 2.36 bits per heavy atom. The van der Waals surface area contributed by atoms with Crippen LogP contribution < -0.4 is 5.32 Å². The number of unbranched alkanes of at least 4 members (excludes halogenated alkanes) is 1. The molecule has 0 saturated carbocycles. The second-order valence-corrected chi connectivity index (χ2v) is 3.26. The molecule has 5 heteroatoms. The van der Waals surface area contributed by atoms with Gasteiger partial charge in [0.25, 0.3) is 0 Å². The summed E-state index contributed by atoms with van der Waals surface area (Å²) in [5, 5.41) is 3.69. The van der Waals surface area contributed by atoms with Crippen LogP contribution >= 0.6 is 0 Å². The fourth-order valence-electron chi connectivity index (χ4n) is 1.13. The van der Waals surface area contributed by atoms with Crippen LogP contribution in [-0.2, 0) is 9.59 Å². The van der Waals surface area contributed by atoms with Crippen LogP contribution in [0.4, 0.5) is 0 Å². The highest BCUT2D eigenvalue weighted by Gasteiger charge is 2.18. The summed E-state index contributed by atoms with van der Waals surface area (Å²) in [5.41, 5.74) is 0. The number of nitrogens with zero attached hydrogens (tertiary/aromatic N) is 3. The van der Waals surface area contributed by atoms with E-state index >= 15 is 0 Å². The number of carbonyl (C=O) groups excluding carboxylic acids is 2. The Bertz CT molecular complexity index is 173. The van der Waals surface area contributed by atoms with Crippen LogP contribution in [0.25, 0.3) is 0 Å². The van der Waals surface area contributed by atoms with Crippen molar-refractivity contribution in [2.45, 2.75) is 26.1 Å². The summed E-state index contributed by atoms with van der Waals surface area (Å²) in [6.07, 6.45) is 2.65. The summed E-state index contributed by atoms with van der Waals surface area (Å²) in [6.45, 7) is 2.67. The number of carbonyl (C=O) groups is 2. The van der Waals surface area contributed by atoms with Crippen molar-refractivity contribution in [3.63, 3.8) is 0 Å². The van der Waals surface area contributed by atoms with Crippen molar-refractivity contribution in [2.24, 2.45) is 0 Å². The zero-order chi connectivity index (χ0) is 11.0. The maximum Gasteiger partial charge on any atom is 0.231 e. The number of hydrogen-bond acceptors (Lipinski definition) is 3. The molecule has 0 aromatic carbocycles. The van der Waals surface area contributed by atoms with Crippen LogP contribution in [0.15, 0.2) is 0 Å². The van der Waals surface area contributed by atoms with Crippen LogP contribution in [-0.4, -0.2) is 49.5 Å². The predicted octanol–water partition coefficient (Wildman–Crippen LogP) is -0.149. The molecule has 0 heterocycles. The van der Waals surface area contributed by atoms with Gasteiger partial charge >= 0.3 is 0 Å². The fraction of sp³-hybridized carbons (Fsp3) is 0.778. The van der Waals surface area contributed by atoms with Crippen molar-refractivity contribution in [1.82, 2.24) is 15.1 Å². The molecule has 0 N–H and O–H groups in total. The average molecular weight is 200 g/mol. The molecular formula is C9H18N3O2. The summed E-state index contributed by atoms with van der Waals surface area (Å²) in [7, 11) is 3.56. The van der Waals surface area contributed by atoms with E-state index in [2.05, 4.69) is 5.32 Å². The molecule has 1 unspecified atom stereocenters. The van der Waals surface area contributed by atoms with Crippen LogP contribution in [0, 0.1) is 0 Å². The van der Waals surface area contributed by atoms with E-state index in [0.717, 1.165) is 19.3 Å². The van der Waals surface area contributed by atoms with Gasteiger partial charge in [-0.2, -0.15) is 0 Å². The molecule has 0 aromatic rings. The normalized spacial score (nSPS) is 12.3. The molecule has 0 saturated heterocycles. The van der Waals surface area contributed by atoms with Crippen LogP contribution in [0.3, 0.4) is 0 Å². The van der Waals surface area contributed by atoms with Crippen molar-refractivity contribution in [2.75, 3.05) is 20.6 Å². The second kappa shape index (κ2) is 7.32. The third-order valence-electron chi connectivity index (χ3n) is 1.86. The molecule has 1 atom stereocenters. The third-order valence-corrected chi connectivity index (χ3v) is 1.86. The van der Waals surface area contributed by atoms with Crippen molar-refractivity contribution in [1.29, 1.82) is 0 Å². The summed E-state index contributed by atoms with van der Waals surface area (Å²) in [6, 6.07) is 0. The topological polar surface area (TPSA) is 54.7 Å². The first-order valence-corrected chi connectivity index (χ1v) is 4.68. The van der Waals surface area contributed by atoms with Gasteiger partial charge in [-0.1, -0.05) is 13.3 Å². The van der Waals surface area contributed by atoms with Gasteiger partial charge in [0, 0.05) is 6.54 Å². The first-order valence-electron chi connectivity index (χ1n) is 4.68. The minimum atomic E-state index is -0.475. The van der Waals surface area contributed by atoms with E-state index < -0.39 is 6.29 Å². The van der Waals surface area contributed by atoms with Gasteiger partial charge < -0.3 is 4.90 Å². The Kier molecular flexibility index (Phi) is 6.74. The van der Waals surface area contributed by atoms with Gasteiger partial charge in [-0.15, -0.1) is 0 Å². The lowest BCUT2D eigenvalue weighted by atomic mass is 10.3. The molecular weight excluding hydrogens is 182 g/mol. The monoisotopic (exact) mass is 200 g/mol. The van der Waals surface area contributed by atoms with Gasteiger partial charge in [0.05, 0.1) is 0 Å². The summed E-state index contributed by atoms with van der Waals surface area (Å²) in [4.78, 5) is 24.3. The van der Waals surface area contributed by atoms with Gasteiger partial charge in [-0.25, -0.2) is 5.32 Å². The second-order valence-electron chi connectivity index (χ2n) is 3.26. The number of amides is 2. The first kappa shape index (κ1) is 12.9. The maximum atomic E-state index is 10.8. The minimum Gasteiger partial charge on any atom is -0.310 e. The van der Waals surface area contributed by atoms with Crippen molar-refractivity contribution >= 4 is 12.8 Å². The van der Waals surface area contributed by atoms with E-state index in [1.165, 1.54) is 4.90 Å². The molecule has 1 radical (unpaired) electrons. The van der Waals surface area contributed by atoms with Crippen LogP contribution in [0.2, 0.25) is 0 Å². The number of rotatable bonds is 8. The highest BCUT2D eigenvalue weighted by molar-refractivity contribution is 5.51. The molecule has 0 aliphatic heterocycles. The SMILES string of the molecule is CCCCN(C=O)C([N]C=O)N(C)C. The van der Waals surface area contributed by atoms with Gasteiger partial charge in [-0.3, -0.25) is 14.5 Å². The van der Waals surface area contributed by atoms with Crippen molar-refractivity contribution in [3.8, 4) is 0 Å². The smallest absolute Gasteiger partial charge is 0.231 e. The molecule has 81 valence electrons. The van der Waals surface area contributed by atoms with Gasteiger partial charge in [-0.05, 0) is 20.5 Å². The largest absolute Gasteiger partial charge is 0.310 e. The lowest BCUT2D eigenvalue weighted by Crippen LogP contribution is -2.50. The minimum absolute atomic E-state index is 0.475. The molecule has 0 spiro atoms. The Balaban J connectivity index is 4.24. The van der Waals surface area contributed by atoms with E-state index in [9.17, 15) is 9.59 Å². The van der Waals surface area contributed by atoms with E-state index in [-0.39, 0.29) is 0 Å². The van der Waals surface area contributed by atoms with E-state index in [1.807, 2.05) is 6.92 Å². The maximum absolute atomic E-state index is 10.8.